The number of nitrogens with two attached hydrogens (primary N) is 1. The molecule has 0 spiro atoms. The minimum atomic E-state index is -2.90. The Labute approximate surface area is 104 Å². The maximum Gasteiger partial charge on any atom is 0.524 e. The number of carbonyl (C=O) groups is 1. The molecule has 0 aromatic heterocycles. The quantitative estimate of drug-likeness (QED) is 0.609. The van der Waals surface area contributed by atoms with E-state index in [1.807, 2.05) is 27.7 Å². The van der Waals surface area contributed by atoms with E-state index in [2.05, 4.69) is 5.32 Å². The summed E-state index contributed by atoms with van der Waals surface area (Å²) < 4.78 is 17.1. The van der Waals surface area contributed by atoms with Gasteiger partial charge in [0.15, 0.2) is 0 Å². The first-order valence-corrected chi connectivity index (χ1v) is 7.84. The van der Waals surface area contributed by atoms with Crippen LogP contribution in [-0.4, -0.2) is 40.3 Å². The second kappa shape index (κ2) is 8.46. The fourth-order valence-electron chi connectivity index (χ4n) is 1.64. The average Bonchev–Trinajstić information content (AvgIpc) is 2.26. The van der Waals surface area contributed by atoms with Crippen molar-refractivity contribution in [1.29, 1.82) is 0 Å². The molecule has 0 aliphatic rings. The molecule has 6 nitrogen and oxygen atoms in total. The van der Waals surface area contributed by atoms with E-state index in [0.717, 1.165) is 0 Å². The summed E-state index contributed by atoms with van der Waals surface area (Å²) in [6, 6.07) is -0.590. The zero-order valence-electron chi connectivity index (χ0n) is 11.1. The summed E-state index contributed by atoms with van der Waals surface area (Å²) in [6.07, 6.45) is 0.648. The van der Waals surface area contributed by atoms with Crippen molar-refractivity contribution in [1.82, 2.24) is 5.32 Å². The number of carbonyl (C=O) groups excluding carboxylic acids is 1. The topological polar surface area (TPSA) is 82.8 Å². The van der Waals surface area contributed by atoms with E-state index in [1.165, 1.54) is 0 Å². The van der Waals surface area contributed by atoms with Crippen LogP contribution in [0.5, 0.6) is 0 Å². The molecule has 7 heteroatoms. The van der Waals surface area contributed by atoms with Crippen LogP contribution in [0.2, 0.25) is 0 Å². The van der Waals surface area contributed by atoms with Gasteiger partial charge < -0.3 is 24.3 Å². The molecule has 0 aromatic carbocycles. The number of amides is 2. The van der Waals surface area contributed by atoms with Gasteiger partial charge in [0.1, 0.15) is 5.67 Å². The van der Waals surface area contributed by atoms with Crippen molar-refractivity contribution in [3.8, 4) is 0 Å². The third-order valence-corrected chi connectivity index (χ3v) is 5.67. The zero-order valence-corrected chi connectivity index (χ0v) is 12.1. The summed E-state index contributed by atoms with van der Waals surface area (Å²) in [5, 5.41) is 2.65. The summed E-state index contributed by atoms with van der Waals surface area (Å²) in [4.78, 5) is 11.0. The van der Waals surface area contributed by atoms with Gasteiger partial charge in [-0.2, -0.15) is 0 Å². The molecule has 0 saturated heterocycles. The molecular formula is C10H24N2O4Si. The lowest BCUT2D eigenvalue weighted by atomic mass is 10.5. The molecular weight excluding hydrogens is 240 g/mol. The largest absolute Gasteiger partial charge is 0.524 e. The summed E-state index contributed by atoms with van der Waals surface area (Å²) >= 11 is 0. The van der Waals surface area contributed by atoms with Crippen LogP contribution in [-0.2, 0) is 13.3 Å². The standard InChI is InChI=1S/C10H24N2O4Si/c1-5-9(12-10(11)13)17(14-6-2,15-7-3)16-8-4/h9H,5-8H2,1-4H3,(H3,11,12,13). The van der Waals surface area contributed by atoms with E-state index in [-0.39, 0.29) is 5.67 Å². The highest BCUT2D eigenvalue weighted by Gasteiger charge is 2.49. The lowest BCUT2D eigenvalue weighted by Crippen LogP contribution is -2.63. The molecule has 0 bridgehead atoms. The maximum absolute atomic E-state index is 11.0. The van der Waals surface area contributed by atoms with Crippen molar-refractivity contribution >= 4 is 14.8 Å². The van der Waals surface area contributed by atoms with E-state index >= 15 is 0 Å². The number of rotatable bonds is 9. The number of primary amides is 1. The van der Waals surface area contributed by atoms with Crippen molar-refractivity contribution in [2.75, 3.05) is 19.8 Å². The number of hydrogen-bond donors (Lipinski definition) is 2. The normalized spacial score (nSPS) is 13.4. The molecule has 0 heterocycles. The molecule has 0 aromatic rings. The van der Waals surface area contributed by atoms with Crippen molar-refractivity contribution in [3.63, 3.8) is 0 Å². The molecule has 0 rings (SSSR count). The molecule has 1 unspecified atom stereocenters. The van der Waals surface area contributed by atoms with Gasteiger partial charge in [-0.25, -0.2) is 4.79 Å². The van der Waals surface area contributed by atoms with Gasteiger partial charge in [0.05, 0.1) is 0 Å². The van der Waals surface area contributed by atoms with Crippen LogP contribution in [0.25, 0.3) is 0 Å². The SMILES string of the molecule is CCO[Si](OCC)(OCC)C(CC)NC(N)=O. The molecule has 102 valence electrons. The second-order valence-corrected chi connectivity index (χ2v) is 6.14. The van der Waals surface area contributed by atoms with Gasteiger partial charge in [-0.05, 0) is 27.2 Å². The predicted octanol–water partition coefficient (Wildman–Crippen LogP) is 1.02. The van der Waals surface area contributed by atoms with Crippen LogP contribution in [0, 0.1) is 0 Å². The van der Waals surface area contributed by atoms with Crippen molar-refractivity contribution < 1.29 is 18.1 Å². The van der Waals surface area contributed by atoms with Crippen LogP contribution in [0.4, 0.5) is 4.79 Å². The lowest BCUT2D eigenvalue weighted by Gasteiger charge is -2.34. The van der Waals surface area contributed by atoms with Crippen molar-refractivity contribution in [3.05, 3.63) is 0 Å². The van der Waals surface area contributed by atoms with Gasteiger partial charge in [-0.3, -0.25) is 0 Å². The Hall–Kier alpha value is -0.633. The van der Waals surface area contributed by atoms with E-state index < -0.39 is 14.8 Å². The first kappa shape index (κ1) is 16.4. The number of hydrogen-bond acceptors (Lipinski definition) is 4. The summed E-state index contributed by atoms with van der Waals surface area (Å²) in [7, 11) is -2.90. The van der Waals surface area contributed by atoms with Crippen molar-refractivity contribution in [2.45, 2.75) is 39.8 Å². The highest BCUT2D eigenvalue weighted by molar-refractivity contribution is 6.62. The molecule has 0 saturated carbocycles. The fraction of sp³-hybridized carbons (Fsp3) is 0.900. The molecule has 0 fully saturated rings. The van der Waals surface area contributed by atoms with Gasteiger partial charge in [-0.15, -0.1) is 0 Å². The Bertz CT molecular complexity index is 211. The first-order chi connectivity index (χ1) is 8.06. The minimum absolute atomic E-state index is 0.306. The van der Waals surface area contributed by atoms with E-state index in [0.29, 0.717) is 26.2 Å². The lowest BCUT2D eigenvalue weighted by molar-refractivity contribution is 0.0585. The average molecular weight is 264 g/mol. The predicted molar refractivity (Wildman–Crippen MR) is 67.4 cm³/mol. The number of nitrogens with one attached hydrogen (secondary N) is 1. The zero-order chi connectivity index (χ0) is 13.3. The Morgan fingerprint density at radius 3 is 1.76 bits per heavy atom. The first-order valence-electron chi connectivity index (χ1n) is 6.04. The van der Waals surface area contributed by atoms with E-state index in [1.54, 1.807) is 0 Å². The van der Waals surface area contributed by atoms with Gasteiger partial charge >= 0.3 is 14.8 Å². The third-order valence-electron chi connectivity index (χ3n) is 2.19. The Balaban J connectivity index is 4.96. The molecule has 0 aliphatic heterocycles. The smallest absolute Gasteiger partial charge is 0.373 e. The summed E-state index contributed by atoms with van der Waals surface area (Å²) in [5.74, 6) is 0. The Kier molecular flexibility index (Phi) is 8.14. The minimum Gasteiger partial charge on any atom is -0.373 e. The van der Waals surface area contributed by atoms with Gasteiger partial charge in [0.2, 0.25) is 0 Å². The van der Waals surface area contributed by atoms with Crippen LogP contribution in [0.1, 0.15) is 34.1 Å². The van der Waals surface area contributed by atoms with Gasteiger partial charge in [0.25, 0.3) is 0 Å². The highest BCUT2D eigenvalue weighted by atomic mass is 28.4. The maximum atomic E-state index is 11.0. The fourth-order valence-corrected chi connectivity index (χ4v) is 4.52. The van der Waals surface area contributed by atoms with Crippen LogP contribution < -0.4 is 11.1 Å². The molecule has 0 radical (unpaired) electrons. The number of urea groups is 1. The van der Waals surface area contributed by atoms with E-state index in [4.69, 9.17) is 19.0 Å². The van der Waals surface area contributed by atoms with Crippen LogP contribution >= 0.6 is 0 Å². The third kappa shape index (κ3) is 5.03. The molecule has 1 atom stereocenters. The summed E-state index contributed by atoms with van der Waals surface area (Å²) in [5.41, 5.74) is 4.85. The monoisotopic (exact) mass is 264 g/mol. The Morgan fingerprint density at radius 1 is 1.12 bits per heavy atom. The molecule has 2 amide bonds. The highest BCUT2D eigenvalue weighted by Crippen LogP contribution is 2.17. The van der Waals surface area contributed by atoms with Gasteiger partial charge in [-0.1, -0.05) is 6.92 Å². The molecule has 17 heavy (non-hydrogen) atoms. The van der Waals surface area contributed by atoms with Crippen LogP contribution in [0.15, 0.2) is 0 Å². The Morgan fingerprint density at radius 2 is 1.53 bits per heavy atom. The second-order valence-electron chi connectivity index (χ2n) is 3.37. The van der Waals surface area contributed by atoms with E-state index in [9.17, 15) is 4.79 Å². The van der Waals surface area contributed by atoms with Gasteiger partial charge in [0, 0.05) is 19.8 Å². The van der Waals surface area contributed by atoms with Crippen molar-refractivity contribution in [2.24, 2.45) is 5.73 Å². The molecule has 0 aliphatic carbocycles. The summed E-state index contributed by atoms with van der Waals surface area (Å²) in [6.45, 7) is 8.97. The van der Waals surface area contributed by atoms with Crippen LogP contribution in [0.3, 0.4) is 0 Å². The molecule has 3 N–H and O–H groups in total.